The molecule has 0 spiro atoms. The van der Waals surface area contributed by atoms with Crippen molar-refractivity contribution in [3.8, 4) is 0 Å². The maximum atomic E-state index is 12.2. The number of esters is 1. The lowest BCUT2D eigenvalue weighted by molar-refractivity contribution is -0.151. The number of ether oxygens (including phenoxy) is 1. The first-order valence-electron chi connectivity index (χ1n) is 8.47. The van der Waals surface area contributed by atoms with Gasteiger partial charge in [0.05, 0.1) is 5.92 Å². The molecule has 1 atom stereocenters. The second kappa shape index (κ2) is 8.55. The number of hydrogen-bond acceptors (Lipinski definition) is 4. The molecular weight excluding hydrogens is 397 g/mol. The predicted octanol–water partition coefficient (Wildman–Crippen LogP) is 3.69. The lowest BCUT2D eigenvalue weighted by Crippen LogP contribution is -2.35. The van der Waals surface area contributed by atoms with Gasteiger partial charge in [-0.3, -0.25) is 13.9 Å². The highest BCUT2D eigenvalue weighted by Gasteiger charge is 2.38. The minimum Gasteiger partial charge on any atom is -0.461 e. The summed E-state index contributed by atoms with van der Waals surface area (Å²) in [5, 5.41) is -0.164. The van der Waals surface area contributed by atoms with Gasteiger partial charge in [0, 0.05) is 6.54 Å². The molecule has 1 heterocycles. The van der Waals surface area contributed by atoms with Gasteiger partial charge in [-0.2, -0.15) is 0 Å². The van der Waals surface area contributed by atoms with Gasteiger partial charge in [-0.05, 0) is 37.2 Å². The fourth-order valence-electron chi connectivity index (χ4n) is 3.25. The lowest BCUT2D eigenvalue weighted by Gasteiger charge is -2.29. The second-order valence-electron chi connectivity index (χ2n) is 6.51. The van der Waals surface area contributed by atoms with E-state index in [1.165, 1.54) is 4.31 Å². The molecule has 0 radical (unpaired) electrons. The van der Waals surface area contributed by atoms with Gasteiger partial charge in [0.25, 0.3) is 5.91 Å². The Morgan fingerprint density at radius 1 is 1.15 bits per heavy atom. The number of nitrogens with zero attached hydrogens (tertiary/aromatic N) is 1. The summed E-state index contributed by atoms with van der Waals surface area (Å²) in [6, 6.07) is 9.57. The molecule has 0 bridgehead atoms. The Hall–Kier alpha value is -1.37. The SMILES string of the molecule is O=C(OCc1ccccc1)C1CCC(CN2C(=O)C(Cl)=C(Cl)S2=O)CC1. The van der Waals surface area contributed by atoms with Crippen LogP contribution in [0.25, 0.3) is 0 Å². The Morgan fingerprint density at radius 3 is 2.38 bits per heavy atom. The van der Waals surface area contributed by atoms with E-state index in [-0.39, 0.29) is 33.8 Å². The number of carbonyl (C=O) groups is 2. The Bertz CT molecular complexity index is 721. The van der Waals surface area contributed by atoms with Crippen LogP contribution in [0.4, 0.5) is 0 Å². The molecule has 2 aliphatic rings. The van der Waals surface area contributed by atoms with Crippen molar-refractivity contribution >= 4 is 46.1 Å². The van der Waals surface area contributed by atoms with Crippen molar-refractivity contribution in [1.82, 2.24) is 4.31 Å². The van der Waals surface area contributed by atoms with E-state index in [0.717, 1.165) is 18.4 Å². The Labute approximate surface area is 164 Å². The molecule has 1 amide bonds. The van der Waals surface area contributed by atoms with Crippen LogP contribution in [0.5, 0.6) is 0 Å². The molecule has 5 nitrogen and oxygen atoms in total. The van der Waals surface area contributed by atoms with Crippen LogP contribution in [-0.4, -0.2) is 26.9 Å². The molecule has 0 N–H and O–H groups in total. The van der Waals surface area contributed by atoms with Gasteiger partial charge in [-0.25, -0.2) is 4.21 Å². The zero-order chi connectivity index (χ0) is 18.7. The number of benzene rings is 1. The van der Waals surface area contributed by atoms with E-state index in [0.29, 0.717) is 19.4 Å². The summed E-state index contributed by atoms with van der Waals surface area (Å²) >= 11 is 11.6. The molecule has 0 aromatic heterocycles. The molecule has 3 rings (SSSR count). The maximum Gasteiger partial charge on any atom is 0.309 e. The minimum atomic E-state index is -1.70. The summed E-state index contributed by atoms with van der Waals surface area (Å²) in [5.41, 5.74) is 0.964. The molecule has 1 aromatic carbocycles. The van der Waals surface area contributed by atoms with E-state index in [1.807, 2.05) is 30.3 Å². The molecule has 1 aromatic rings. The third kappa shape index (κ3) is 4.30. The molecule has 1 saturated carbocycles. The topological polar surface area (TPSA) is 63.7 Å². The first-order chi connectivity index (χ1) is 12.5. The van der Waals surface area contributed by atoms with Gasteiger partial charge in [0.2, 0.25) is 0 Å². The first kappa shape index (κ1) is 19.4. The van der Waals surface area contributed by atoms with Crippen molar-refractivity contribution in [2.45, 2.75) is 32.3 Å². The summed E-state index contributed by atoms with van der Waals surface area (Å²) < 4.78 is 18.6. The van der Waals surface area contributed by atoms with Gasteiger partial charge in [0.15, 0.2) is 15.3 Å². The van der Waals surface area contributed by atoms with E-state index >= 15 is 0 Å². The fraction of sp³-hybridized carbons (Fsp3) is 0.444. The third-order valence-electron chi connectivity index (χ3n) is 4.77. The van der Waals surface area contributed by atoms with Gasteiger partial charge < -0.3 is 4.74 Å². The molecule has 1 unspecified atom stereocenters. The van der Waals surface area contributed by atoms with Gasteiger partial charge >= 0.3 is 5.97 Å². The van der Waals surface area contributed by atoms with E-state index in [1.54, 1.807) is 0 Å². The highest BCUT2D eigenvalue weighted by Crippen LogP contribution is 2.35. The van der Waals surface area contributed by atoms with Gasteiger partial charge in [-0.15, -0.1) is 0 Å². The molecular formula is C18H19Cl2NO4S. The molecule has 8 heteroatoms. The van der Waals surface area contributed by atoms with Crippen molar-refractivity contribution in [3.05, 3.63) is 45.3 Å². The standard InChI is InChI=1S/C18H19Cl2NO4S/c19-15-16(20)26(24)21(17(15)22)10-12-6-8-14(9-7-12)18(23)25-11-13-4-2-1-3-5-13/h1-5,12,14H,6-11H2. The average Bonchev–Trinajstić information content (AvgIpc) is 2.85. The molecule has 26 heavy (non-hydrogen) atoms. The smallest absolute Gasteiger partial charge is 0.309 e. The van der Waals surface area contributed by atoms with E-state index in [2.05, 4.69) is 0 Å². The van der Waals surface area contributed by atoms with Crippen molar-refractivity contribution in [1.29, 1.82) is 0 Å². The van der Waals surface area contributed by atoms with Crippen molar-refractivity contribution < 1.29 is 18.5 Å². The number of amides is 1. The summed E-state index contributed by atoms with van der Waals surface area (Å²) in [4.78, 5) is 24.2. The number of rotatable bonds is 5. The molecule has 1 aliphatic heterocycles. The lowest BCUT2D eigenvalue weighted by atomic mass is 9.82. The zero-order valence-corrected chi connectivity index (χ0v) is 16.4. The highest BCUT2D eigenvalue weighted by molar-refractivity contribution is 7.89. The number of hydrogen-bond donors (Lipinski definition) is 0. The Morgan fingerprint density at radius 2 is 1.81 bits per heavy atom. The highest BCUT2D eigenvalue weighted by atomic mass is 35.5. The summed E-state index contributed by atoms with van der Waals surface area (Å²) in [6.45, 7) is 0.618. The van der Waals surface area contributed by atoms with Crippen LogP contribution in [-0.2, 0) is 31.9 Å². The largest absolute Gasteiger partial charge is 0.461 e. The maximum absolute atomic E-state index is 12.2. The van der Waals surface area contributed by atoms with Crippen molar-refractivity contribution in [2.24, 2.45) is 11.8 Å². The fourth-order valence-corrected chi connectivity index (χ4v) is 4.96. The van der Waals surface area contributed by atoms with Crippen molar-refractivity contribution in [3.63, 3.8) is 0 Å². The van der Waals surface area contributed by atoms with Crippen LogP contribution in [0, 0.1) is 11.8 Å². The second-order valence-corrected chi connectivity index (χ2v) is 8.84. The third-order valence-corrected chi connectivity index (χ3v) is 7.14. The predicted molar refractivity (Wildman–Crippen MR) is 100 cm³/mol. The number of carbonyl (C=O) groups excluding carboxylic acids is 2. The zero-order valence-electron chi connectivity index (χ0n) is 14.0. The molecule has 1 fully saturated rings. The molecule has 0 saturated heterocycles. The van der Waals surface area contributed by atoms with Gasteiger partial charge in [-0.1, -0.05) is 53.5 Å². The van der Waals surface area contributed by atoms with Crippen LogP contribution in [0.1, 0.15) is 31.2 Å². The van der Waals surface area contributed by atoms with Crippen LogP contribution in [0.3, 0.4) is 0 Å². The van der Waals surface area contributed by atoms with Crippen LogP contribution >= 0.6 is 23.2 Å². The normalized spacial score (nSPS) is 26.3. The van der Waals surface area contributed by atoms with Crippen LogP contribution in [0.15, 0.2) is 39.7 Å². The van der Waals surface area contributed by atoms with E-state index < -0.39 is 16.9 Å². The number of halogens is 2. The Balaban J connectivity index is 1.45. The van der Waals surface area contributed by atoms with E-state index in [9.17, 15) is 13.8 Å². The van der Waals surface area contributed by atoms with Gasteiger partial charge in [0.1, 0.15) is 11.6 Å². The molecule has 1 aliphatic carbocycles. The molecule has 140 valence electrons. The van der Waals surface area contributed by atoms with Crippen LogP contribution in [0.2, 0.25) is 0 Å². The Kier molecular flexibility index (Phi) is 6.37. The summed E-state index contributed by atoms with van der Waals surface area (Å²) in [6.07, 6.45) is 2.92. The van der Waals surface area contributed by atoms with E-state index in [4.69, 9.17) is 27.9 Å². The summed E-state index contributed by atoms with van der Waals surface area (Å²) in [7, 11) is -1.70. The van der Waals surface area contributed by atoms with Crippen molar-refractivity contribution in [2.75, 3.05) is 6.54 Å². The summed E-state index contributed by atoms with van der Waals surface area (Å²) in [5.74, 6) is -0.617. The average molecular weight is 416 g/mol. The monoisotopic (exact) mass is 415 g/mol. The first-order valence-corrected chi connectivity index (χ1v) is 10.3. The van der Waals surface area contributed by atoms with Crippen LogP contribution < -0.4 is 0 Å². The minimum absolute atomic E-state index is 0.102. The quantitative estimate of drug-likeness (QED) is 0.687.